The number of amides is 1. The van der Waals surface area contributed by atoms with E-state index in [-0.39, 0.29) is 18.7 Å². The molecule has 8 heteroatoms. The highest BCUT2D eigenvalue weighted by molar-refractivity contribution is 5.76. The van der Waals surface area contributed by atoms with Crippen LogP contribution in [0.15, 0.2) is 47.2 Å². The fourth-order valence-corrected chi connectivity index (χ4v) is 2.57. The second kappa shape index (κ2) is 8.03. The summed E-state index contributed by atoms with van der Waals surface area (Å²) in [5, 5.41) is 3.88. The van der Waals surface area contributed by atoms with Crippen molar-refractivity contribution in [1.29, 1.82) is 0 Å². The van der Waals surface area contributed by atoms with E-state index in [2.05, 4.69) is 15.1 Å². The fourth-order valence-electron chi connectivity index (χ4n) is 2.57. The van der Waals surface area contributed by atoms with Crippen LogP contribution in [0, 0.1) is 11.6 Å². The maximum atomic E-state index is 13.4. The van der Waals surface area contributed by atoms with Crippen molar-refractivity contribution in [2.45, 2.75) is 25.8 Å². The third-order valence-corrected chi connectivity index (χ3v) is 4.34. The van der Waals surface area contributed by atoms with Gasteiger partial charge in [-0.1, -0.05) is 11.2 Å². The molecule has 0 spiro atoms. The standard InChI is InChI=1S/C19H18F2N4O2/c1-12(13-5-6-15(20)16(21)10-13)25(2)18(26)8-7-17-23-19(24-27-17)14-4-3-9-22-11-14/h3-6,9-12H,7-8H2,1-2H3. The minimum absolute atomic E-state index is 0.152. The molecule has 3 rings (SSSR count). The van der Waals surface area contributed by atoms with Gasteiger partial charge in [0.25, 0.3) is 0 Å². The molecule has 0 N–H and O–H groups in total. The minimum atomic E-state index is -0.936. The van der Waals surface area contributed by atoms with Crippen molar-refractivity contribution in [3.8, 4) is 11.4 Å². The lowest BCUT2D eigenvalue weighted by molar-refractivity contribution is -0.131. The monoisotopic (exact) mass is 372 g/mol. The Labute approximate surface area is 154 Å². The number of hydrogen-bond donors (Lipinski definition) is 0. The predicted molar refractivity (Wildman–Crippen MR) is 93.4 cm³/mol. The average Bonchev–Trinajstić information content (AvgIpc) is 3.17. The number of carbonyl (C=O) groups is 1. The smallest absolute Gasteiger partial charge is 0.227 e. The number of halogens is 2. The molecule has 1 amide bonds. The van der Waals surface area contributed by atoms with Crippen molar-refractivity contribution in [3.05, 3.63) is 65.8 Å². The van der Waals surface area contributed by atoms with Gasteiger partial charge in [-0.05, 0) is 36.8 Å². The second-order valence-electron chi connectivity index (χ2n) is 6.11. The van der Waals surface area contributed by atoms with Crippen molar-refractivity contribution in [1.82, 2.24) is 20.0 Å². The number of nitrogens with zero attached hydrogens (tertiary/aromatic N) is 4. The molecule has 0 fully saturated rings. The first kappa shape index (κ1) is 18.6. The van der Waals surface area contributed by atoms with E-state index in [0.29, 0.717) is 17.3 Å². The molecular weight excluding hydrogens is 354 g/mol. The summed E-state index contributed by atoms with van der Waals surface area (Å²) in [6.45, 7) is 1.75. The molecule has 0 saturated heterocycles. The van der Waals surface area contributed by atoms with Gasteiger partial charge in [-0.3, -0.25) is 9.78 Å². The van der Waals surface area contributed by atoms with E-state index in [1.165, 1.54) is 11.0 Å². The Balaban J connectivity index is 1.60. The van der Waals surface area contributed by atoms with Gasteiger partial charge in [-0.25, -0.2) is 8.78 Å². The normalized spacial score (nSPS) is 12.0. The van der Waals surface area contributed by atoms with Crippen LogP contribution in [0.4, 0.5) is 8.78 Å². The van der Waals surface area contributed by atoms with Crippen LogP contribution < -0.4 is 0 Å². The fraction of sp³-hybridized carbons (Fsp3) is 0.263. The molecule has 0 radical (unpaired) electrons. The summed E-state index contributed by atoms with van der Waals surface area (Å²) in [6.07, 6.45) is 3.70. The van der Waals surface area contributed by atoms with Gasteiger partial charge in [0, 0.05) is 37.8 Å². The first-order chi connectivity index (χ1) is 13.0. The Morgan fingerprint density at radius 3 is 2.78 bits per heavy atom. The van der Waals surface area contributed by atoms with Crippen LogP contribution in [0.5, 0.6) is 0 Å². The van der Waals surface area contributed by atoms with Crippen LogP contribution in [0.1, 0.15) is 30.8 Å². The van der Waals surface area contributed by atoms with Gasteiger partial charge >= 0.3 is 0 Å². The number of hydrogen-bond acceptors (Lipinski definition) is 5. The predicted octanol–water partition coefficient (Wildman–Crippen LogP) is 3.56. The van der Waals surface area contributed by atoms with Gasteiger partial charge in [0.2, 0.25) is 17.6 Å². The highest BCUT2D eigenvalue weighted by atomic mass is 19.2. The molecule has 140 valence electrons. The molecule has 2 heterocycles. The Morgan fingerprint density at radius 2 is 2.07 bits per heavy atom. The zero-order valence-corrected chi connectivity index (χ0v) is 14.9. The molecule has 0 aliphatic rings. The Morgan fingerprint density at radius 1 is 1.26 bits per heavy atom. The molecule has 1 atom stereocenters. The number of pyridine rings is 1. The second-order valence-corrected chi connectivity index (χ2v) is 6.11. The summed E-state index contributed by atoms with van der Waals surface area (Å²) in [5.41, 5.74) is 1.24. The summed E-state index contributed by atoms with van der Waals surface area (Å²) in [7, 11) is 1.61. The Kier molecular flexibility index (Phi) is 5.54. The molecule has 1 aromatic carbocycles. The molecule has 0 aliphatic carbocycles. The van der Waals surface area contributed by atoms with Crippen LogP contribution in [0.2, 0.25) is 0 Å². The summed E-state index contributed by atoms with van der Waals surface area (Å²) in [4.78, 5) is 22.1. The SMILES string of the molecule is CC(c1ccc(F)c(F)c1)N(C)C(=O)CCc1nc(-c2cccnc2)no1. The van der Waals surface area contributed by atoms with E-state index >= 15 is 0 Å². The minimum Gasteiger partial charge on any atom is -0.339 e. The summed E-state index contributed by atoms with van der Waals surface area (Å²) >= 11 is 0. The summed E-state index contributed by atoms with van der Waals surface area (Å²) < 4.78 is 31.6. The molecule has 2 aromatic heterocycles. The quantitative estimate of drug-likeness (QED) is 0.662. The Bertz CT molecular complexity index is 930. The largest absolute Gasteiger partial charge is 0.339 e. The molecule has 0 bridgehead atoms. The average molecular weight is 372 g/mol. The molecule has 27 heavy (non-hydrogen) atoms. The van der Waals surface area contributed by atoms with Crippen molar-refractivity contribution < 1.29 is 18.1 Å². The van der Waals surface area contributed by atoms with E-state index in [0.717, 1.165) is 17.7 Å². The lowest BCUT2D eigenvalue weighted by Gasteiger charge is -2.25. The van der Waals surface area contributed by atoms with Crippen molar-refractivity contribution >= 4 is 5.91 Å². The van der Waals surface area contributed by atoms with E-state index in [9.17, 15) is 13.6 Å². The van der Waals surface area contributed by atoms with Gasteiger partial charge in [0.05, 0.1) is 6.04 Å². The highest BCUT2D eigenvalue weighted by Crippen LogP contribution is 2.22. The molecule has 0 aliphatic heterocycles. The third-order valence-electron chi connectivity index (χ3n) is 4.34. The number of aryl methyl sites for hydroxylation is 1. The van der Waals surface area contributed by atoms with Crippen molar-refractivity contribution in [2.75, 3.05) is 7.05 Å². The van der Waals surface area contributed by atoms with Gasteiger partial charge in [-0.2, -0.15) is 4.98 Å². The number of rotatable bonds is 6. The maximum Gasteiger partial charge on any atom is 0.227 e. The number of benzene rings is 1. The highest BCUT2D eigenvalue weighted by Gasteiger charge is 2.19. The first-order valence-corrected chi connectivity index (χ1v) is 8.39. The van der Waals surface area contributed by atoms with Crippen LogP contribution in [0.25, 0.3) is 11.4 Å². The summed E-state index contributed by atoms with van der Waals surface area (Å²) in [5.74, 6) is -1.27. The van der Waals surface area contributed by atoms with Gasteiger partial charge in [0.15, 0.2) is 11.6 Å². The van der Waals surface area contributed by atoms with E-state index in [1.54, 1.807) is 32.4 Å². The van der Waals surface area contributed by atoms with E-state index in [1.807, 2.05) is 6.07 Å². The first-order valence-electron chi connectivity index (χ1n) is 8.39. The van der Waals surface area contributed by atoms with Crippen LogP contribution >= 0.6 is 0 Å². The molecule has 0 saturated carbocycles. The van der Waals surface area contributed by atoms with Crippen LogP contribution in [0.3, 0.4) is 0 Å². The third kappa shape index (κ3) is 4.33. The lowest BCUT2D eigenvalue weighted by atomic mass is 10.1. The van der Waals surface area contributed by atoms with Gasteiger partial charge in [-0.15, -0.1) is 0 Å². The van der Waals surface area contributed by atoms with E-state index in [4.69, 9.17) is 4.52 Å². The molecule has 6 nitrogen and oxygen atoms in total. The molecule has 1 unspecified atom stereocenters. The van der Waals surface area contributed by atoms with Crippen LogP contribution in [-0.2, 0) is 11.2 Å². The zero-order valence-electron chi connectivity index (χ0n) is 14.9. The topological polar surface area (TPSA) is 72.1 Å². The maximum absolute atomic E-state index is 13.4. The van der Waals surface area contributed by atoms with Crippen LogP contribution in [-0.4, -0.2) is 33.0 Å². The van der Waals surface area contributed by atoms with Gasteiger partial charge in [0.1, 0.15) is 0 Å². The Hall–Kier alpha value is -3.16. The van der Waals surface area contributed by atoms with Gasteiger partial charge < -0.3 is 9.42 Å². The number of carbonyl (C=O) groups excluding carboxylic acids is 1. The lowest BCUT2D eigenvalue weighted by Crippen LogP contribution is -2.30. The van der Waals surface area contributed by atoms with E-state index < -0.39 is 17.7 Å². The van der Waals surface area contributed by atoms with Crippen molar-refractivity contribution in [3.63, 3.8) is 0 Å². The van der Waals surface area contributed by atoms with Crippen molar-refractivity contribution in [2.24, 2.45) is 0 Å². The number of aromatic nitrogens is 3. The molecule has 3 aromatic rings. The molecular formula is C19H18F2N4O2. The zero-order chi connectivity index (χ0) is 19.4. The summed E-state index contributed by atoms with van der Waals surface area (Å²) in [6, 6.07) is 6.79.